The number of guanidine groups is 1. The third-order valence-electron chi connectivity index (χ3n) is 5.88. The first-order valence-corrected chi connectivity index (χ1v) is 10.1. The van der Waals surface area contributed by atoms with Crippen LogP contribution < -0.4 is 15.5 Å². The Bertz CT molecular complexity index is 858. The minimum Gasteiger partial charge on any atom is -0.356 e. The Balaban J connectivity index is 1.32. The number of fused-ring (bicyclic) bond motifs is 1. The Morgan fingerprint density at radius 3 is 2.57 bits per heavy atom. The largest absolute Gasteiger partial charge is 0.356 e. The van der Waals surface area contributed by atoms with Crippen LogP contribution in [0, 0.1) is 0 Å². The van der Waals surface area contributed by atoms with Gasteiger partial charge in [0.1, 0.15) is 0 Å². The minimum atomic E-state index is 0.0827. The summed E-state index contributed by atoms with van der Waals surface area (Å²) in [7, 11) is 1.75. The van der Waals surface area contributed by atoms with Crippen molar-refractivity contribution in [3.05, 3.63) is 65.7 Å². The zero-order chi connectivity index (χ0) is 19.4. The normalized spacial score (nSPS) is 17.6. The molecule has 0 aromatic heterocycles. The van der Waals surface area contributed by atoms with Crippen molar-refractivity contribution in [3.8, 4) is 0 Å². The van der Waals surface area contributed by atoms with Gasteiger partial charge in [-0.1, -0.05) is 48.5 Å². The lowest BCUT2D eigenvalue weighted by Gasteiger charge is -2.29. The molecule has 0 radical (unpaired) electrons. The molecule has 1 saturated carbocycles. The average molecular weight is 377 g/mol. The molecule has 1 aliphatic carbocycles. The summed E-state index contributed by atoms with van der Waals surface area (Å²) in [5.41, 5.74) is 3.88. The predicted octanol–water partition coefficient (Wildman–Crippen LogP) is 2.86. The first-order valence-electron chi connectivity index (χ1n) is 10.1. The van der Waals surface area contributed by atoms with Crippen molar-refractivity contribution in [2.45, 2.75) is 31.1 Å². The Morgan fingerprint density at radius 2 is 1.82 bits per heavy atom. The molecule has 1 amide bonds. The first-order chi connectivity index (χ1) is 13.7. The van der Waals surface area contributed by atoms with Crippen LogP contribution in [0.25, 0.3) is 0 Å². The summed E-state index contributed by atoms with van der Waals surface area (Å²) < 4.78 is 0. The van der Waals surface area contributed by atoms with E-state index in [-0.39, 0.29) is 17.9 Å². The van der Waals surface area contributed by atoms with Gasteiger partial charge in [-0.15, -0.1) is 0 Å². The average Bonchev–Trinajstić information content (AvgIpc) is 3.55. The molecule has 2 aromatic carbocycles. The van der Waals surface area contributed by atoms with Gasteiger partial charge in [-0.05, 0) is 42.9 Å². The van der Waals surface area contributed by atoms with E-state index in [4.69, 9.17) is 0 Å². The fraction of sp³-hybridized carbons (Fsp3) is 0.391. The molecule has 28 heavy (non-hydrogen) atoms. The van der Waals surface area contributed by atoms with Crippen LogP contribution >= 0.6 is 0 Å². The van der Waals surface area contributed by atoms with Gasteiger partial charge < -0.3 is 15.5 Å². The Labute approximate surface area is 166 Å². The number of carbonyl (C=O) groups excluding carboxylic acids is 1. The van der Waals surface area contributed by atoms with E-state index in [1.807, 2.05) is 23.1 Å². The van der Waals surface area contributed by atoms with Gasteiger partial charge in [0.25, 0.3) is 0 Å². The Kier molecular flexibility index (Phi) is 5.33. The number of aryl methyl sites for hydroxylation is 1. The second-order valence-corrected chi connectivity index (χ2v) is 7.70. The summed E-state index contributed by atoms with van der Waals surface area (Å²) in [5.74, 6) is 0.764. The van der Waals surface area contributed by atoms with Crippen LogP contribution in [0.1, 0.15) is 30.4 Å². The van der Waals surface area contributed by atoms with Crippen LogP contribution in [0.5, 0.6) is 0 Å². The highest BCUT2D eigenvalue weighted by molar-refractivity contribution is 5.98. The molecule has 1 aliphatic heterocycles. The van der Waals surface area contributed by atoms with Crippen molar-refractivity contribution >= 4 is 17.6 Å². The van der Waals surface area contributed by atoms with Crippen LogP contribution in [0.2, 0.25) is 0 Å². The van der Waals surface area contributed by atoms with E-state index in [0.29, 0.717) is 5.96 Å². The maximum atomic E-state index is 12.8. The number of benzene rings is 2. The number of aliphatic imine (C=N–C) groups is 1. The lowest BCUT2D eigenvalue weighted by molar-refractivity contribution is -0.117. The number of amides is 1. The number of hydrogen-bond acceptors (Lipinski definition) is 2. The van der Waals surface area contributed by atoms with Crippen molar-refractivity contribution < 1.29 is 4.79 Å². The number of hydrogen-bond donors (Lipinski definition) is 2. The SMILES string of the molecule is CN=C(NCC(=O)N1CCCc2ccccc21)NCC1(c2ccccc2)CC1. The number of nitrogens with zero attached hydrogens (tertiary/aromatic N) is 2. The lowest BCUT2D eigenvalue weighted by Crippen LogP contribution is -2.47. The first kappa shape index (κ1) is 18.5. The van der Waals surface area contributed by atoms with Gasteiger partial charge in [0.2, 0.25) is 5.91 Å². The van der Waals surface area contributed by atoms with E-state index in [9.17, 15) is 4.79 Å². The summed E-state index contributed by atoms with van der Waals surface area (Å²) in [6, 6.07) is 18.8. The zero-order valence-electron chi connectivity index (χ0n) is 16.4. The standard InChI is InChI=1S/C23H28N4O/c1-24-22(26-17-23(13-14-23)19-10-3-2-4-11-19)25-16-21(28)27-15-7-9-18-8-5-6-12-20(18)27/h2-6,8,10-12H,7,9,13-17H2,1H3,(H2,24,25,26). The number of para-hydroxylation sites is 1. The van der Waals surface area contributed by atoms with E-state index in [2.05, 4.69) is 52.0 Å². The van der Waals surface area contributed by atoms with E-state index in [1.54, 1.807) is 7.05 Å². The monoisotopic (exact) mass is 376 g/mol. The summed E-state index contributed by atoms with van der Waals surface area (Å²) in [4.78, 5) is 19.0. The van der Waals surface area contributed by atoms with Gasteiger partial charge >= 0.3 is 0 Å². The molecule has 0 bridgehead atoms. The smallest absolute Gasteiger partial charge is 0.246 e. The van der Waals surface area contributed by atoms with Gasteiger partial charge in [0.15, 0.2) is 5.96 Å². The topological polar surface area (TPSA) is 56.7 Å². The highest BCUT2D eigenvalue weighted by Crippen LogP contribution is 2.47. The number of nitrogens with one attached hydrogen (secondary N) is 2. The summed E-state index contributed by atoms with van der Waals surface area (Å²) in [6.07, 6.45) is 4.42. The molecule has 0 saturated heterocycles. The molecule has 5 heteroatoms. The van der Waals surface area contributed by atoms with Crippen molar-refractivity contribution in [2.75, 3.05) is 31.6 Å². The molecule has 2 aliphatic rings. The molecule has 0 spiro atoms. The van der Waals surface area contributed by atoms with E-state index in [0.717, 1.165) is 31.6 Å². The zero-order valence-corrected chi connectivity index (χ0v) is 16.4. The van der Waals surface area contributed by atoms with Gasteiger partial charge in [-0.2, -0.15) is 0 Å². The molecule has 0 unspecified atom stereocenters. The van der Waals surface area contributed by atoms with E-state index >= 15 is 0 Å². The number of carbonyl (C=O) groups is 1. The minimum absolute atomic E-state index is 0.0827. The van der Waals surface area contributed by atoms with Crippen LogP contribution in [-0.4, -0.2) is 38.5 Å². The Morgan fingerprint density at radius 1 is 1.07 bits per heavy atom. The van der Waals surface area contributed by atoms with Gasteiger partial charge in [-0.3, -0.25) is 9.79 Å². The molecule has 1 fully saturated rings. The van der Waals surface area contributed by atoms with Crippen molar-refractivity contribution in [3.63, 3.8) is 0 Å². The Hall–Kier alpha value is -2.82. The maximum absolute atomic E-state index is 12.8. The van der Waals surface area contributed by atoms with Crippen LogP contribution in [0.15, 0.2) is 59.6 Å². The molecule has 2 aromatic rings. The second kappa shape index (κ2) is 8.05. The summed E-state index contributed by atoms with van der Waals surface area (Å²) in [5, 5.41) is 6.61. The van der Waals surface area contributed by atoms with Crippen LogP contribution in [-0.2, 0) is 16.6 Å². The fourth-order valence-corrected chi connectivity index (χ4v) is 4.03. The fourth-order valence-electron chi connectivity index (χ4n) is 4.03. The predicted molar refractivity (Wildman–Crippen MR) is 114 cm³/mol. The third-order valence-corrected chi connectivity index (χ3v) is 5.88. The lowest BCUT2D eigenvalue weighted by atomic mass is 9.96. The molecule has 1 heterocycles. The molecule has 146 valence electrons. The molecular weight excluding hydrogens is 348 g/mol. The summed E-state index contributed by atoms with van der Waals surface area (Å²) in [6.45, 7) is 1.85. The highest BCUT2D eigenvalue weighted by atomic mass is 16.2. The van der Waals surface area contributed by atoms with Gasteiger partial charge in [-0.25, -0.2) is 0 Å². The molecule has 4 rings (SSSR count). The van der Waals surface area contributed by atoms with Gasteiger partial charge in [0.05, 0.1) is 6.54 Å². The summed E-state index contributed by atoms with van der Waals surface area (Å²) >= 11 is 0. The highest BCUT2D eigenvalue weighted by Gasteiger charge is 2.44. The molecular formula is C23H28N4O. The van der Waals surface area contributed by atoms with E-state index in [1.165, 1.54) is 24.0 Å². The van der Waals surface area contributed by atoms with E-state index < -0.39 is 0 Å². The maximum Gasteiger partial charge on any atom is 0.246 e. The van der Waals surface area contributed by atoms with Crippen molar-refractivity contribution in [1.29, 1.82) is 0 Å². The van der Waals surface area contributed by atoms with Crippen molar-refractivity contribution in [1.82, 2.24) is 10.6 Å². The molecule has 5 nitrogen and oxygen atoms in total. The number of rotatable bonds is 5. The molecule has 2 N–H and O–H groups in total. The second-order valence-electron chi connectivity index (χ2n) is 7.70. The quantitative estimate of drug-likeness (QED) is 0.623. The molecule has 0 atom stereocenters. The van der Waals surface area contributed by atoms with Crippen molar-refractivity contribution in [2.24, 2.45) is 4.99 Å². The third kappa shape index (κ3) is 3.88. The number of anilines is 1. The van der Waals surface area contributed by atoms with Crippen LogP contribution in [0.3, 0.4) is 0 Å². The van der Waals surface area contributed by atoms with Crippen LogP contribution in [0.4, 0.5) is 5.69 Å². The van der Waals surface area contributed by atoms with Gasteiger partial charge in [0, 0.05) is 31.2 Å².